The third-order valence-corrected chi connectivity index (χ3v) is 3.27. The molecule has 74 valence electrons. The van der Waals surface area contributed by atoms with Gasteiger partial charge in [-0.05, 0) is 19.3 Å². The Kier molecular flexibility index (Phi) is 2.65. The van der Waals surface area contributed by atoms with E-state index in [-0.39, 0.29) is 6.10 Å². The van der Waals surface area contributed by atoms with Crippen LogP contribution < -0.4 is 0 Å². The number of carbonyl (C=O) groups excluding carboxylic acids is 1. The van der Waals surface area contributed by atoms with Crippen LogP contribution in [0.25, 0.3) is 0 Å². The van der Waals surface area contributed by atoms with Crippen LogP contribution >= 0.6 is 0 Å². The average Bonchev–Trinajstić information content (AvgIpc) is 2.53. The number of likely N-dealkylation sites (tertiary alicyclic amines) is 1. The van der Waals surface area contributed by atoms with E-state index in [1.807, 2.05) is 0 Å². The zero-order valence-electron chi connectivity index (χ0n) is 7.91. The average molecular weight is 183 g/mol. The minimum absolute atomic E-state index is 0.145. The molecule has 0 radical (unpaired) electrons. The van der Waals surface area contributed by atoms with E-state index < -0.39 is 0 Å². The number of piperidine rings is 1. The normalized spacial score (nSPS) is 36.8. The highest BCUT2D eigenvalue weighted by molar-refractivity contribution is 5.79. The summed E-state index contributed by atoms with van der Waals surface area (Å²) in [4.78, 5) is 13.3. The van der Waals surface area contributed by atoms with Crippen molar-refractivity contribution in [3.63, 3.8) is 0 Å². The lowest BCUT2D eigenvalue weighted by Crippen LogP contribution is -2.45. The van der Waals surface area contributed by atoms with E-state index in [4.69, 9.17) is 0 Å². The summed E-state index contributed by atoms with van der Waals surface area (Å²) < 4.78 is 0. The number of carbonyl (C=O) groups is 1. The van der Waals surface area contributed by atoms with Crippen LogP contribution in [0.2, 0.25) is 0 Å². The maximum Gasteiger partial charge on any atom is 0.135 e. The molecule has 1 aliphatic carbocycles. The Morgan fingerprint density at radius 3 is 2.46 bits per heavy atom. The number of Topliss-reactive ketones (excluding diaryl/α,β-unsaturated/α-hetero) is 1. The largest absolute Gasteiger partial charge is 0.391 e. The first-order valence-electron chi connectivity index (χ1n) is 5.21. The summed E-state index contributed by atoms with van der Waals surface area (Å²) in [6, 6.07) is 0.341. The van der Waals surface area contributed by atoms with Gasteiger partial charge in [-0.15, -0.1) is 0 Å². The molecule has 0 amide bonds. The first kappa shape index (κ1) is 9.16. The van der Waals surface area contributed by atoms with Crippen molar-refractivity contribution in [3.8, 4) is 0 Å². The molecule has 1 heterocycles. The van der Waals surface area contributed by atoms with Crippen LogP contribution in [-0.2, 0) is 4.79 Å². The molecule has 0 aromatic heterocycles. The lowest BCUT2D eigenvalue weighted by Gasteiger charge is -2.33. The summed E-state index contributed by atoms with van der Waals surface area (Å²) in [5.74, 6) is 0.378. The van der Waals surface area contributed by atoms with Crippen molar-refractivity contribution in [1.82, 2.24) is 4.90 Å². The summed E-state index contributed by atoms with van der Waals surface area (Å²) in [6.07, 6.45) is 4.40. The van der Waals surface area contributed by atoms with Crippen molar-refractivity contribution in [1.29, 1.82) is 0 Å². The van der Waals surface area contributed by atoms with Gasteiger partial charge in [-0.1, -0.05) is 0 Å². The number of ketones is 1. The molecule has 2 rings (SSSR count). The van der Waals surface area contributed by atoms with E-state index in [1.54, 1.807) is 0 Å². The molecule has 1 saturated heterocycles. The molecule has 1 aliphatic heterocycles. The van der Waals surface area contributed by atoms with Crippen molar-refractivity contribution in [3.05, 3.63) is 0 Å². The second kappa shape index (κ2) is 3.76. The highest BCUT2D eigenvalue weighted by Gasteiger charge is 2.32. The van der Waals surface area contributed by atoms with Crippen molar-refractivity contribution < 1.29 is 9.90 Å². The Hall–Kier alpha value is -0.410. The summed E-state index contributed by atoms with van der Waals surface area (Å²) in [6.45, 7) is 1.72. The van der Waals surface area contributed by atoms with Gasteiger partial charge in [0, 0.05) is 32.0 Å². The zero-order valence-corrected chi connectivity index (χ0v) is 7.91. The van der Waals surface area contributed by atoms with Gasteiger partial charge in [-0.25, -0.2) is 0 Å². The topological polar surface area (TPSA) is 40.5 Å². The second-order valence-corrected chi connectivity index (χ2v) is 4.14. The van der Waals surface area contributed by atoms with E-state index in [2.05, 4.69) is 4.90 Å². The molecule has 3 heteroatoms. The standard InChI is InChI=1S/C10H17NO2/c12-8-4-6-11(7-5-8)9-2-1-3-10(9)13/h9-10,13H,1-7H2/t9-,10-/m1/s1. The lowest BCUT2D eigenvalue weighted by molar-refractivity contribution is -0.122. The Bertz CT molecular complexity index is 195. The molecule has 2 fully saturated rings. The molecule has 13 heavy (non-hydrogen) atoms. The number of hydrogen-bond donors (Lipinski definition) is 1. The molecule has 1 saturated carbocycles. The smallest absolute Gasteiger partial charge is 0.135 e. The highest BCUT2D eigenvalue weighted by atomic mass is 16.3. The number of hydrogen-bond acceptors (Lipinski definition) is 3. The summed E-state index contributed by atoms with van der Waals surface area (Å²) in [5.41, 5.74) is 0. The van der Waals surface area contributed by atoms with Gasteiger partial charge in [-0.3, -0.25) is 9.69 Å². The first-order chi connectivity index (χ1) is 6.27. The maximum atomic E-state index is 11.0. The van der Waals surface area contributed by atoms with Gasteiger partial charge in [-0.2, -0.15) is 0 Å². The molecule has 0 bridgehead atoms. The Labute approximate surface area is 78.7 Å². The predicted octanol–water partition coefficient (Wildman–Crippen LogP) is 0.565. The van der Waals surface area contributed by atoms with Crippen LogP contribution in [0.5, 0.6) is 0 Å². The van der Waals surface area contributed by atoms with Crippen LogP contribution in [0.4, 0.5) is 0 Å². The summed E-state index contributed by atoms with van der Waals surface area (Å²) in [7, 11) is 0. The molecule has 0 aromatic rings. The van der Waals surface area contributed by atoms with Crippen LogP contribution in [0, 0.1) is 0 Å². The van der Waals surface area contributed by atoms with Gasteiger partial charge in [0.1, 0.15) is 5.78 Å². The second-order valence-electron chi connectivity index (χ2n) is 4.14. The molecule has 0 aromatic carbocycles. The molecule has 2 atom stereocenters. The van der Waals surface area contributed by atoms with Crippen molar-refractivity contribution >= 4 is 5.78 Å². The molecule has 0 unspecified atom stereocenters. The Morgan fingerprint density at radius 1 is 1.23 bits per heavy atom. The summed E-state index contributed by atoms with van der Waals surface area (Å²) >= 11 is 0. The minimum Gasteiger partial charge on any atom is -0.391 e. The van der Waals surface area contributed by atoms with Crippen LogP contribution in [0.3, 0.4) is 0 Å². The molecular weight excluding hydrogens is 166 g/mol. The third kappa shape index (κ3) is 1.92. The van der Waals surface area contributed by atoms with E-state index in [1.165, 1.54) is 0 Å². The fourth-order valence-corrected chi connectivity index (χ4v) is 2.45. The van der Waals surface area contributed by atoms with Crippen molar-refractivity contribution in [2.75, 3.05) is 13.1 Å². The maximum absolute atomic E-state index is 11.0. The Balaban J connectivity index is 1.90. The van der Waals surface area contributed by atoms with E-state index >= 15 is 0 Å². The summed E-state index contributed by atoms with van der Waals surface area (Å²) in [5, 5.41) is 9.68. The monoisotopic (exact) mass is 183 g/mol. The fraction of sp³-hybridized carbons (Fsp3) is 0.900. The van der Waals surface area contributed by atoms with Gasteiger partial charge >= 0.3 is 0 Å². The van der Waals surface area contributed by atoms with Crippen LogP contribution in [0.15, 0.2) is 0 Å². The SMILES string of the molecule is O=C1CCN([C@@H]2CCC[C@H]2O)CC1. The molecule has 3 nitrogen and oxygen atoms in total. The van der Waals surface area contributed by atoms with Crippen LogP contribution in [0.1, 0.15) is 32.1 Å². The van der Waals surface area contributed by atoms with Crippen molar-refractivity contribution in [2.24, 2.45) is 0 Å². The molecule has 0 spiro atoms. The van der Waals surface area contributed by atoms with Gasteiger partial charge in [0.2, 0.25) is 0 Å². The zero-order chi connectivity index (χ0) is 9.26. The quantitative estimate of drug-likeness (QED) is 0.646. The number of rotatable bonds is 1. The van der Waals surface area contributed by atoms with Gasteiger partial charge in [0.15, 0.2) is 0 Å². The highest BCUT2D eigenvalue weighted by Crippen LogP contribution is 2.25. The first-order valence-corrected chi connectivity index (χ1v) is 5.21. The number of aliphatic hydroxyl groups excluding tert-OH is 1. The van der Waals surface area contributed by atoms with Crippen molar-refractivity contribution in [2.45, 2.75) is 44.2 Å². The third-order valence-electron chi connectivity index (χ3n) is 3.27. The lowest BCUT2D eigenvalue weighted by atomic mass is 10.1. The van der Waals surface area contributed by atoms with E-state index in [0.717, 1.165) is 32.4 Å². The molecule has 2 aliphatic rings. The van der Waals surface area contributed by atoms with E-state index in [0.29, 0.717) is 24.7 Å². The van der Waals surface area contributed by atoms with Gasteiger partial charge in [0.05, 0.1) is 6.10 Å². The van der Waals surface area contributed by atoms with Gasteiger partial charge in [0.25, 0.3) is 0 Å². The van der Waals surface area contributed by atoms with Gasteiger partial charge < -0.3 is 5.11 Å². The number of aliphatic hydroxyl groups is 1. The molecule has 1 N–H and O–H groups in total. The minimum atomic E-state index is -0.145. The fourth-order valence-electron chi connectivity index (χ4n) is 2.45. The van der Waals surface area contributed by atoms with E-state index in [9.17, 15) is 9.90 Å². The molecular formula is C10H17NO2. The number of nitrogens with zero attached hydrogens (tertiary/aromatic N) is 1. The Morgan fingerprint density at radius 2 is 1.92 bits per heavy atom. The predicted molar refractivity (Wildman–Crippen MR) is 49.5 cm³/mol. The van der Waals surface area contributed by atoms with Crippen LogP contribution in [-0.4, -0.2) is 41.0 Å².